The zero-order valence-electron chi connectivity index (χ0n) is 11.4. The number of hydrogen-bond acceptors (Lipinski definition) is 1. The van der Waals surface area contributed by atoms with Crippen LogP contribution in [0.1, 0.15) is 44.9 Å². The van der Waals surface area contributed by atoms with Gasteiger partial charge in [-0.25, -0.2) is 8.78 Å². The Morgan fingerprint density at radius 1 is 1.10 bits per heavy atom. The lowest BCUT2D eigenvalue weighted by Gasteiger charge is -2.53. The van der Waals surface area contributed by atoms with E-state index >= 15 is 0 Å². The molecule has 2 aliphatic carbocycles. The van der Waals surface area contributed by atoms with Crippen molar-refractivity contribution in [1.29, 1.82) is 0 Å². The number of benzene rings is 1. The van der Waals surface area contributed by atoms with Gasteiger partial charge in [0.2, 0.25) is 0 Å². The Labute approximate surface area is 126 Å². The molecule has 0 amide bonds. The zero-order chi connectivity index (χ0) is 14.2. The van der Waals surface area contributed by atoms with E-state index in [1.54, 1.807) is 0 Å². The van der Waals surface area contributed by atoms with Crippen LogP contribution in [0, 0.1) is 17.0 Å². The fourth-order valence-corrected chi connectivity index (χ4v) is 4.70. The van der Waals surface area contributed by atoms with Crippen LogP contribution in [-0.4, -0.2) is 10.9 Å². The molecule has 3 rings (SSSR count). The molecule has 0 aliphatic heterocycles. The summed E-state index contributed by atoms with van der Waals surface area (Å²) in [5, 5.41) is 0. The van der Waals surface area contributed by atoms with Crippen LogP contribution in [0.15, 0.2) is 18.2 Å². The summed E-state index contributed by atoms with van der Waals surface area (Å²) in [4.78, 5) is 0.440. The molecule has 2 aliphatic rings. The van der Waals surface area contributed by atoms with Crippen molar-refractivity contribution >= 4 is 15.9 Å². The first-order chi connectivity index (χ1) is 9.62. The molecule has 4 heteroatoms. The lowest BCUT2D eigenvalue weighted by atomic mass is 9.61. The molecule has 0 N–H and O–H groups in total. The van der Waals surface area contributed by atoms with E-state index in [2.05, 4.69) is 15.9 Å². The fourth-order valence-electron chi connectivity index (χ4n) is 3.61. The summed E-state index contributed by atoms with van der Waals surface area (Å²) in [5.74, 6) is -0.878. The number of hydrogen-bond donors (Lipinski definition) is 0. The van der Waals surface area contributed by atoms with Crippen molar-refractivity contribution in [2.24, 2.45) is 5.41 Å². The Morgan fingerprint density at radius 2 is 1.80 bits per heavy atom. The van der Waals surface area contributed by atoms with Gasteiger partial charge in [-0.05, 0) is 31.4 Å². The molecule has 0 saturated heterocycles. The normalized spacial score (nSPS) is 28.8. The Balaban J connectivity index is 1.78. The first-order valence-corrected chi connectivity index (χ1v) is 8.29. The lowest BCUT2D eigenvalue weighted by molar-refractivity contribution is -0.0481. The number of alkyl halides is 1. The molecule has 2 fully saturated rings. The first-order valence-electron chi connectivity index (χ1n) is 7.37. The van der Waals surface area contributed by atoms with Gasteiger partial charge in [0.25, 0.3) is 0 Å². The van der Waals surface area contributed by atoms with Crippen LogP contribution >= 0.6 is 15.9 Å². The van der Waals surface area contributed by atoms with Crippen molar-refractivity contribution in [3.05, 3.63) is 29.8 Å². The lowest BCUT2D eigenvalue weighted by Crippen LogP contribution is -2.56. The van der Waals surface area contributed by atoms with Gasteiger partial charge >= 0.3 is 0 Å². The summed E-state index contributed by atoms with van der Waals surface area (Å²) in [6, 6.07) is 3.41. The van der Waals surface area contributed by atoms with Crippen molar-refractivity contribution in [2.45, 2.75) is 55.9 Å². The fraction of sp³-hybridized carbons (Fsp3) is 0.625. The Morgan fingerprint density at radius 3 is 2.45 bits per heavy atom. The number of halogens is 3. The largest absolute Gasteiger partial charge is 0.487 e. The van der Waals surface area contributed by atoms with E-state index in [0.717, 1.165) is 37.5 Å². The topological polar surface area (TPSA) is 9.23 Å². The Hall–Kier alpha value is -0.640. The van der Waals surface area contributed by atoms with Crippen LogP contribution in [0.25, 0.3) is 0 Å². The minimum absolute atomic E-state index is 0.00118. The summed E-state index contributed by atoms with van der Waals surface area (Å²) in [5.41, 5.74) is 0.106. The van der Waals surface area contributed by atoms with E-state index in [1.807, 2.05) is 0 Å². The Bertz CT molecular complexity index is 483. The molecule has 110 valence electrons. The van der Waals surface area contributed by atoms with Crippen LogP contribution in [-0.2, 0) is 0 Å². The maximum Gasteiger partial charge on any atom is 0.165 e. The molecule has 2 atom stereocenters. The molecule has 0 heterocycles. The van der Waals surface area contributed by atoms with Gasteiger partial charge in [-0.2, -0.15) is 0 Å². The quantitative estimate of drug-likeness (QED) is 0.668. The minimum atomic E-state index is -0.479. The number of ether oxygens (including phenoxy) is 1. The van der Waals surface area contributed by atoms with Gasteiger partial charge in [0.15, 0.2) is 11.6 Å². The first kappa shape index (κ1) is 14.3. The highest BCUT2D eigenvalue weighted by Crippen LogP contribution is 2.55. The van der Waals surface area contributed by atoms with Crippen molar-refractivity contribution in [3.8, 4) is 5.75 Å². The molecular formula is C16H19BrF2O. The molecule has 0 bridgehead atoms. The highest BCUT2D eigenvalue weighted by atomic mass is 79.9. The minimum Gasteiger partial charge on any atom is -0.487 e. The van der Waals surface area contributed by atoms with Crippen LogP contribution < -0.4 is 4.74 Å². The molecule has 1 nitrogen and oxygen atoms in total. The SMILES string of the molecule is Fc1ccc(F)c(OC2CC(Br)C23CCCCCC3)c1. The molecule has 0 aromatic heterocycles. The van der Waals surface area contributed by atoms with Gasteiger partial charge in [-0.15, -0.1) is 0 Å². The van der Waals surface area contributed by atoms with Crippen molar-refractivity contribution in [1.82, 2.24) is 0 Å². The summed E-state index contributed by atoms with van der Waals surface area (Å²) in [7, 11) is 0. The zero-order valence-corrected chi connectivity index (χ0v) is 13.0. The molecule has 1 spiro atoms. The smallest absolute Gasteiger partial charge is 0.165 e. The highest BCUT2D eigenvalue weighted by molar-refractivity contribution is 9.09. The molecule has 0 radical (unpaired) electrons. The second-order valence-electron chi connectivity index (χ2n) is 6.03. The van der Waals surface area contributed by atoms with Crippen LogP contribution in [0.3, 0.4) is 0 Å². The van der Waals surface area contributed by atoms with Crippen molar-refractivity contribution < 1.29 is 13.5 Å². The summed E-state index contributed by atoms with van der Waals surface area (Å²) in [6.45, 7) is 0. The van der Waals surface area contributed by atoms with Gasteiger partial charge < -0.3 is 4.74 Å². The van der Waals surface area contributed by atoms with E-state index in [0.29, 0.717) is 4.83 Å². The molecule has 20 heavy (non-hydrogen) atoms. The third-order valence-electron chi connectivity index (χ3n) is 4.88. The highest BCUT2D eigenvalue weighted by Gasteiger charge is 2.55. The van der Waals surface area contributed by atoms with E-state index in [9.17, 15) is 8.78 Å². The Kier molecular flexibility index (Phi) is 4.02. The summed E-state index contributed by atoms with van der Waals surface area (Å²) in [6.07, 6.45) is 8.04. The van der Waals surface area contributed by atoms with Crippen LogP contribution in [0.5, 0.6) is 5.75 Å². The van der Waals surface area contributed by atoms with Crippen LogP contribution in [0.4, 0.5) is 8.78 Å². The third kappa shape index (κ3) is 2.47. The van der Waals surface area contributed by atoms with Gasteiger partial charge in [-0.1, -0.05) is 41.6 Å². The average Bonchev–Trinajstić information content (AvgIpc) is 2.70. The summed E-state index contributed by atoms with van der Waals surface area (Å²) >= 11 is 3.75. The predicted molar refractivity (Wildman–Crippen MR) is 78.2 cm³/mol. The van der Waals surface area contributed by atoms with E-state index in [1.165, 1.54) is 25.7 Å². The van der Waals surface area contributed by atoms with E-state index in [4.69, 9.17) is 4.74 Å². The second kappa shape index (κ2) is 5.63. The van der Waals surface area contributed by atoms with Gasteiger partial charge in [-0.3, -0.25) is 0 Å². The van der Waals surface area contributed by atoms with Gasteiger partial charge in [0.05, 0.1) is 0 Å². The monoisotopic (exact) mass is 344 g/mol. The van der Waals surface area contributed by atoms with Gasteiger partial charge in [0, 0.05) is 16.3 Å². The van der Waals surface area contributed by atoms with Crippen molar-refractivity contribution in [2.75, 3.05) is 0 Å². The predicted octanol–water partition coefficient (Wildman–Crippen LogP) is 5.22. The standard InChI is InChI=1S/C16H19BrF2O/c17-14-10-15(16(14)7-3-1-2-4-8-16)20-13-9-11(18)5-6-12(13)19/h5-6,9,14-15H,1-4,7-8,10H2. The van der Waals surface area contributed by atoms with Crippen LogP contribution in [0.2, 0.25) is 0 Å². The molecule has 1 aromatic carbocycles. The second-order valence-corrected chi connectivity index (χ2v) is 7.14. The molecule has 2 saturated carbocycles. The van der Waals surface area contributed by atoms with E-state index < -0.39 is 11.6 Å². The summed E-state index contributed by atoms with van der Waals surface area (Å²) < 4.78 is 32.8. The van der Waals surface area contributed by atoms with E-state index in [-0.39, 0.29) is 17.3 Å². The maximum atomic E-state index is 13.7. The molecule has 2 unspecified atom stereocenters. The van der Waals surface area contributed by atoms with Crippen molar-refractivity contribution in [3.63, 3.8) is 0 Å². The average molecular weight is 345 g/mol. The maximum absolute atomic E-state index is 13.7. The molecular weight excluding hydrogens is 326 g/mol. The van der Waals surface area contributed by atoms with Gasteiger partial charge in [0.1, 0.15) is 11.9 Å². The molecule has 1 aromatic rings. The third-order valence-corrected chi connectivity index (χ3v) is 6.17. The number of rotatable bonds is 2.